The van der Waals surface area contributed by atoms with Crippen LogP contribution in [0.2, 0.25) is 0 Å². The molecule has 0 aliphatic carbocycles. The van der Waals surface area contributed by atoms with Crippen LogP contribution in [0, 0.1) is 17.6 Å². The Morgan fingerprint density at radius 2 is 1.94 bits per heavy atom. The summed E-state index contributed by atoms with van der Waals surface area (Å²) in [6, 6.07) is 3.53. The van der Waals surface area contributed by atoms with Crippen LogP contribution >= 0.6 is 11.8 Å². The van der Waals surface area contributed by atoms with Gasteiger partial charge in [0.15, 0.2) is 11.6 Å². The molecule has 0 bridgehead atoms. The molecule has 0 aromatic heterocycles. The molecule has 0 heterocycles. The average Bonchev–Trinajstić information content (AvgIpc) is 2.29. The molecule has 0 amide bonds. The largest absolute Gasteiger partial charge is 0.395 e. The lowest BCUT2D eigenvalue weighted by Gasteiger charge is -2.23. The number of rotatable bonds is 6. The van der Waals surface area contributed by atoms with Crippen molar-refractivity contribution in [1.82, 2.24) is 0 Å². The lowest BCUT2D eigenvalue weighted by atomic mass is 10.0. The first-order chi connectivity index (χ1) is 8.43. The van der Waals surface area contributed by atoms with Crippen molar-refractivity contribution in [3.63, 3.8) is 0 Å². The van der Waals surface area contributed by atoms with E-state index in [1.165, 1.54) is 17.8 Å². The monoisotopic (exact) mass is 275 g/mol. The third kappa shape index (κ3) is 4.55. The molecule has 1 rings (SSSR count). The van der Waals surface area contributed by atoms with Gasteiger partial charge in [0.2, 0.25) is 0 Å². The minimum Gasteiger partial charge on any atom is -0.395 e. The van der Waals surface area contributed by atoms with E-state index >= 15 is 0 Å². The summed E-state index contributed by atoms with van der Waals surface area (Å²) in [5, 5.41) is 9.12. The van der Waals surface area contributed by atoms with Crippen molar-refractivity contribution in [3.05, 3.63) is 29.8 Å². The van der Waals surface area contributed by atoms with Crippen LogP contribution in [0.25, 0.3) is 0 Å². The molecule has 2 unspecified atom stereocenters. The van der Waals surface area contributed by atoms with Crippen LogP contribution in [0.1, 0.15) is 20.3 Å². The van der Waals surface area contributed by atoms with Crippen molar-refractivity contribution in [3.8, 4) is 0 Å². The third-order valence-electron chi connectivity index (χ3n) is 2.58. The summed E-state index contributed by atoms with van der Waals surface area (Å²) in [6.07, 6.45) is 0.780. The zero-order chi connectivity index (χ0) is 13.7. The van der Waals surface area contributed by atoms with E-state index in [9.17, 15) is 13.9 Å². The van der Waals surface area contributed by atoms with Gasteiger partial charge >= 0.3 is 0 Å². The van der Waals surface area contributed by atoms with E-state index in [1.54, 1.807) is 0 Å². The SMILES string of the molecule is CC(C)CC(N)C(CO)Sc1ccc(F)c(F)c1. The lowest BCUT2D eigenvalue weighted by molar-refractivity contribution is 0.275. The molecule has 5 heteroatoms. The molecule has 0 radical (unpaired) electrons. The van der Waals surface area contributed by atoms with Crippen LogP contribution in [0.15, 0.2) is 23.1 Å². The first-order valence-corrected chi connectivity index (χ1v) is 6.80. The van der Waals surface area contributed by atoms with Gasteiger partial charge in [0.25, 0.3) is 0 Å². The maximum Gasteiger partial charge on any atom is 0.159 e. The predicted octanol–water partition coefficient (Wildman–Crippen LogP) is 2.79. The van der Waals surface area contributed by atoms with Gasteiger partial charge in [-0.3, -0.25) is 0 Å². The molecule has 1 aromatic carbocycles. The molecule has 0 aliphatic heterocycles. The molecule has 0 saturated carbocycles. The molecule has 1 aromatic rings. The van der Waals surface area contributed by atoms with Gasteiger partial charge in [0, 0.05) is 16.2 Å². The molecule has 2 atom stereocenters. The minimum atomic E-state index is -0.880. The van der Waals surface area contributed by atoms with Gasteiger partial charge < -0.3 is 10.8 Å². The summed E-state index contributed by atoms with van der Waals surface area (Å²) in [5.74, 6) is -1.32. The van der Waals surface area contributed by atoms with Crippen molar-refractivity contribution < 1.29 is 13.9 Å². The van der Waals surface area contributed by atoms with Crippen LogP contribution in [0.4, 0.5) is 8.78 Å². The minimum absolute atomic E-state index is 0.0858. The van der Waals surface area contributed by atoms with Gasteiger partial charge in [-0.15, -0.1) is 11.8 Å². The highest BCUT2D eigenvalue weighted by molar-refractivity contribution is 8.00. The summed E-state index contributed by atoms with van der Waals surface area (Å²) >= 11 is 1.28. The van der Waals surface area contributed by atoms with Gasteiger partial charge in [0.1, 0.15) is 0 Å². The van der Waals surface area contributed by atoms with Gasteiger partial charge in [-0.2, -0.15) is 0 Å². The molecular weight excluding hydrogens is 256 g/mol. The van der Waals surface area contributed by atoms with Crippen LogP contribution in [0.5, 0.6) is 0 Å². The van der Waals surface area contributed by atoms with Crippen LogP contribution in [-0.4, -0.2) is 23.0 Å². The summed E-state index contributed by atoms with van der Waals surface area (Å²) < 4.78 is 25.9. The van der Waals surface area contributed by atoms with Crippen molar-refractivity contribution >= 4 is 11.8 Å². The van der Waals surface area contributed by atoms with Crippen LogP contribution < -0.4 is 5.73 Å². The van der Waals surface area contributed by atoms with E-state index in [1.807, 2.05) is 0 Å². The molecule has 0 aliphatic rings. The Hall–Kier alpha value is -0.650. The summed E-state index contributed by atoms with van der Waals surface area (Å²) in [5.41, 5.74) is 6.00. The number of hydrogen-bond donors (Lipinski definition) is 2. The fraction of sp³-hybridized carbons (Fsp3) is 0.538. The van der Waals surface area contributed by atoms with E-state index < -0.39 is 11.6 Å². The second-order valence-electron chi connectivity index (χ2n) is 4.71. The fourth-order valence-electron chi connectivity index (χ4n) is 1.68. The molecule has 102 valence electrons. The Bertz CT molecular complexity index is 387. The van der Waals surface area contributed by atoms with Crippen LogP contribution in [-0.2, 0) is 0 Å². The van der Waals surface area contributed by atoms with E-state index in [4.69, 9.17) is 5.73 Å². The molecule has 0 saturated heterocycles. The van der Waals surface area contributed by atoms with E-state index in [-0.39, 0.29) is 17.9 Å². The van der Waals surface area contributed by atoms with E-state index in [0.717, 1.165) is 18.6 Å². The first-order valence-electron chi connectivity index (χ1n) is 5.92. The van der Waals surface area contributed by atoms with Crippen molar-refractivity contribution in [2.24, 2.45) is 11.7 Å². The number of aliphatic hydroxyl groups excluding tert-OH is 1. The maximum atomic E-state index is 13.1. The zero-order valence-corrected chi connectivity index (χ0v) is 11.4. The topological polar surface area (TPSA) is 46.2 Å². The second kappa shape index (κ2) is 7.07. The zero-order valence-electron chi connectivity index (χ0n) is 10.6. The molecule has 0 fully saturated rings. The van der Waals surface area contributed by atoms with Gasteiger partial charge in [-0.25, -0.2) is 8.78 Å². The Labute approximate surface area is 111 Å². The number of halogens is 2. The fourth-order valence-corrected chi connectivity index (χ4v) is 2.71. The highest BCUT2D eigenvalue weighted by Crippen LogP contribution is 2.27. The van der Waals surface area contributed by atoms with Gasteiger partial charge in [0.05, 0.1) is 6.61 Å². The first kappa shape index (κ1) is 15.4. The van der Waals surface area contributed by atoms with Crippen molar-refractivity contribution in [2.45, 2.75) is 36.5 Å². The number of hydrogen-bond acceptors (Lipinski definition) is 3. The lowest BCUT2D eigenvalue weighted by Crippen LogP contribution is -2.36. The molecule has 18 heavy (non-hydrogen) atoms. The highest BCUT2D eigenvalue weighted by atomic mass is 32.2. The Kier molecular flexibility index (Phi) is 6.05. The molecular formula is C13H19F2NOS. The Morgan fingerprint density at radius 1 is 1.28 bits per heavy atom. The molecule has 2 nitrogen and oxygen atoms in total. The molecule has 3 N–H and O–H groups in total. The van der Waals surface area contributed by atoms with Gasteiger partial charge in [-0.1, -0.05) is 13.8 Å². The number of nitrogens with two attached hydrogens (primary N) is 1. The van der Waals surface area contributed by atoms with Gasteiger partial charge in [-0.05, 0) is 30.5 Å². The summed E-state index contributed by atoms with van der Waals surface area (Å²) in [7, 11) is 0. The average molecular weight is 275 g/mol. The number of thioether (sulfide) groups is 1. The Morgan fingerprint density at radius 3 is 2.44 bits per heavy atom. The highest BCUT2D eigenvalue weighted by Gasteiger charge is 2.19. The summed E-state index contributed by atoms with van der Waals surface area (Å²) in [4.78, 5) is 0.576. The van der Waals surface area contributed by atoms with E-state index in [2.05, 4.69) is 13.8 Å². The third-order valence-corrected chi connectivity index (χ3v) is 3.91. The second-order valence-corrected chi connectivity index (χ2v) is 6.02. The standard InChI is InChI=1S/C13H19F2NOS/c1-8(2)5-12(16)13(7-17)18-9-3-4-10(14)11(15)6-9/h3-4,6,8,12-13,17H,5,7,16H2,1-2H3. The van der Waals surface area contributed by atoms with Crippen molar-refractivity contribution in [2.75, 3.05) is 6.61 Å². The Balaban J connectivity index is 2.70. The normalized spacial score (nSPS) is 14.8. The van der Waals surface area contributed by atoms with Crippen molar-refractivity contribution in [1.29, 1.82) is 0 Å². The number of benzene rings is 1. The maximum absolute atomic E-state index is 13.1. The van der Waals surface area contributed by atoms with Crippen LogP contribution in [0.3, 0.4) is 0 Å². The number of aliphatic hydroxyl groups is 1. The van der Waals surface area contributed by atoms with E-state index in [0.29, 0.717) is 10.8 Å². The summed E-state index contributed by atoms with van der Waals surface area (Å²) in [6.45, 7) is 4.02. The quantitative estimate of drug-likeness (QED) is 0.785. The smallest absolute Gasteiger partial charge is 0.159 e. The molecule has 0 spiro atoms. The predicted molar refractivity (Wildman–Crippen MR) is 70.5 cm³/mol.